The molecule has 0 aliphatic heterocycles. The molecule has 1 saturated carbocycles. The maximum absolute atomic E-state index is 13.1. The monoisotopic (exact) mass is 496 g/mol. The molecule has 1 aliphatic carbocycles. The van der Waals surface area contributed by atoms with Gasteiger partial charge in [0.05, 0.1) is 29.3 Å². The van der Waals surface area contributed by atoms with Crippen LogP contribution in [-0.2, 0) is 10.0 Å². The molecular formula is C23H28N8O3S. The van der Waals surface area contributed by atoms with Crippen LogP contribution in [-0.4, -0.2) is 58.5 Å². The molecule has 184 valence electrons. The van der Waals surface area contributed by atoms with Crippen molar-refractivity contribution in [1.29, 1.82) is 5.26 Å². The van der Waals surface area contributed by atoms with Gasteiger partial charge >= 0.3 is 0 Å². The number of pyridine rings is 2. The Kier molecular flexibility index (Phi) is 7.00. The summed E-state index contributed by atoms with van der Waals surface area (Å²) in [5, 5.41) is 20.6. The largest absolute Gasteiger partial charge is 0.382 e. The molecule has 0 aromatic carbocycles. The van der Waals surface area contributed by atoms with E-state index in [1.807, 2.05) is 13.8 Å². The Morgan fingerprint density at radius 3 is 2.49 bits per heavy atom. The zero-order valence-corrected chi connectivity index (χ0v) is 20.6. The average molecular weight is 497 g/mol. The summed E-state index contributed by atoms with van der Waals surface area (Å²) in [7, 11) is -3.24. The van der Waals surface area contributed by atoms with Gasteiger partial charge < -0.3 is 10.6 Å². The summed E-state index contributed by atoms with van der Waals surface area (Å²) in [4.78, 5) is 21.9. The second-order valence-corrected chi connectivity index (χ2v) is 10.9. The van der Waals surface area contributed by atoms with Gasteiger partial charge in [-0.05, 0) is 45.6 Å². The quantitative estimate of drug-likeness (QED) is 0.449. The van der Waals surface area contributed by atoms with E-state index in [0.29, 0.717) is 59.3 Å². The second-order valence-electron chi connectivity index (χ2n) is 9.10. The molecular weight excluding hydrogens is 468 g/mol. The lowest BCUT2D eigenvalue weighted by molar-refractivity contribution is 0.0925. The fourth-order valence-electron chi connectivity index (χ4n) is 4.24. The number of hydrogen-bond donors (Lipinski definition) is 3. The highest BCUT2D eigenvalue weighted by Crippen LogP contribution is 2.24. The van der Waals surface area contributed by atoms with Gasteiger partial charge in [0.25, 0.3) is 5.91 Å². The maximum Gasteiger partial charge on any atom is 0.255 e. The lowest BCUT2D eigenvalue weighted by atomic mass is 9.91. The van der Waals surface area contributed by atoms with E-state index in [1.54, 1.807) is 23.0 Å². The first-order valence-corrected chi connectivity index (χ1v) is 13.3. The Morgan fingerprint density at radius 2 is 1.83 bits per heavy atom. The van der Waals surface area contributed by atoms with Crippen LogP contribution in [0.15, 0.2) is 30.7 Å². The first kappa shape index (κ1) is 24.6. The molecule has 0 bridgehead atoms. The van der Waals surface area contributed by atoms with Crippen molar-refractivity contribution in [2.45, 2.75) is 57.7 Å². The van der Waals surface area contributed by atoms with Crippen LogP contribution in [0.3, 0.4) is 0 Å². The van der Waals surface area contributed by atoms with E-state index >= 15 is 0 Å². The molecule has 3 aromatic heterocycles. The SMILES string of the molecule is CC(C)Nc1cc(-n2ncc3cc(C#N)cnc32)ncc1C(=O)NC1CCC(NS(C)(=O)=O)CC1. The van der Waals surface area contributed by atoms with Gasteiger partial charge in [0.1, 0.15) is 6.07 Å². The predicted octanol–water partition coefficient (Wildman–Crippen LogP) is 2.10. The van der Waals surface area contributed by atoms with Crippen molar-refractivity contribution in [3.05, 3.63) is 41.9 Å². The Bertz CT molecular complexity index is 1390. The third-order valence-electron chi connectivity index (χ3n) is 5.78. The molecule has 1 fully saturated rings. The van der Waals surface area contributed by atoms with E-state index in [4.69, 9.17) is 5.26 Å². The average Bonchev–Trinajstić information content (AvgIpc) is 3.22. The summed E-state index contributed by atoms with van der Waals surface area (Å²) < 4.78 is 27.1. The van der Waals surface area contributed by atoms with Gasteiger partial charge in [-0.2, -0.15) is 15.0 Å². The topological polar surface area (TPSA) is 155 Å². The molecule has 0 spiro atoms. The van der Waals surface area contributed by atoms with Crippen molar-refractivity contribution in [3.8, 4) is 11.9 Å². The number of aromatic nitrogens is 4. The van der Waals surface area contributed by atoms with Crippen molar-refractivity contribution in [1.82, 2.24) is 29.8 Å². The van der Waals surface area contributed by atoms with Crippen LogP contribution in [0.25, 0.3) is 16.9 Å². The summed E-state index contributed by atoms with van der Waals surface area (Å²) in [5.41, 5.74) is 2.03. The van der Waals surface area contributed by atoms with Gasteiger partial charge in [-0.3, -0.25) is 4.79 Å². The first-order valence-electron chi connectivity index (χ1n) is 11.4. The minimum absolute atomic E-state index is 0.0414. The Labute approximate surface area is 204 Å². The van der Waals surface area contributed by atoms with Crippen molar-refractivity contribution in [3.63, 3.8) is 0 Å². The van der Waals surface area contributed by atoms with E-state index in [9.17, 15) is 13.2 Å². The number of hydrogen-bond acceptors (Lipinski definition) is 8. The molecule has 12 heteroatoms. The number of amides is 1. The van der Waals surface area contributed by atoms with Crippen LogP contribution >= 0.6 is 0 Å². The Balaban J connectivity index is 1.54. The zero-order valence-electron chi connectivity index (χ0n) is 19.8. The van der Waals surface area contributed by atoms with Crippen molar-refractivity contribution in [2.24, 2.45) is 0 Å². The minimum atomic E-state index is -3.24. The number of rotatable bonds is 7. The number of carbonyl (C=O) groups is 1. The number of sulfonamides is 1. The van der Waals surface area contributed by atoms with Crippen LogP contribution in [0.1, 0.15) is 55.5 Å². The smallest absolute Gasteiger partial charge is 0.255 e. The summed E-state index contributed by atoms with van der Waals surface area (Å²) in [6.45, 7) is 3.96. The fourth-order valence-corrected chi connectivity index (χ4v) is 5.08. The molecule has 0 unspecified atom stereocenters. The molecule has 0 radical (unpaired) electrons. The summed E-state index contributed by atoms with van der Waals surface area (Å²) >= 11 is 0. The van der Waals surface area contributed by atoms with E-state index < -0.39 is 10.0 Å². The number of anilines is 1. The van der Waals surface area contributed by atoms with E-state index in [2.05, 4.69) is 36.5 Å². The van der Waals surface area contributed by atoms with Crippen LogP contribution in [0, 0.1) is 11.3 Å². The Hall–Kier alpha value is -3.56. The van der Waals surface area contributed by atoms with Gasteiger partial charge in [0, 0.05) is 42.0 Å². The van der Waals surface area contributed by atoms with Crippen LogP contribution < -0.4 is 15.4 Å². The maximum atomic E-state index is 13.1. The van der Waals surface area contributed by atoms with Crippen LogP contribution in [0.2, 0.25) is 0 Å². The van der Waals surface area contributed by atoms with Crippen LogP contribution in [0.4, 0.5) is 5.69 Å². The highest BCUT2D eigenvalue weighted by molar-refractivity contribution is 7.88. The van der Waals surface area contributed by atoms with Crippen LogP contribution in [0.5, 0.6) is 0 Å². The van der Waals surface area contributed by atoms with Gasteiger partial charge in [0.2, 0.25) is 10.0 Å². The third-order valence-corrected chi connectivity index (χ3v) is 6.54. The van der Waals surface area contributed by atoms with E-state index in [1.165, 1.54) is 12.4 Å². The zero-order chi connectivity index (χ0) is 25.2. The number of nitrogens with zero attached hydrogens (tertiary/aromatic N) is 5. The highest BCUT2D eigenvalue weighted by atomic mass is 32.2. The molecule has 11 nitrogen and oxygen atoms in total. The molecule has 3 aromatic rings. The first-order chi connectivity index (χ1) is 16.6. The summed E-state index contributed by atoms with van der Waals surface area (Å²) in [5.74, 6) is 0.248. The van der Waals surface area contributed by atoms with E-state index in [0.717, 1.165) is 6.26 Å². The lowest BCUT2D eigenvalue weighted by Crippen LogP contribution is -2.43. The Morgan fingerprint density at radius 1 is 1.11 bits per heavy atom. The molecule has 0 saturated heterocycles. The molecule has 3 heterocycles. The number of carbonyl (C=O) groups excluding carboxylic acids is 1. The van der Waals surface area contributed by atoms with E-state index in [-0.39, 0.29) is 24.0 Å². The third kappa shape index (κ3) is 5.93. The predicted molar refractivity (Wildman–Crippen MR) is 132 cm³/mol. The van der Waals surface area contributed by atoms with Gasteiger partial charge in [0.15, 0.2) is 11.5 Å². The number of nitriles is 1. The molecule has 1 amide bonds. The number of fused-ring (bicyclic) bond motifs is 1. The highest BCUT2D eigenvalue weighted by Gasteiger charge is 2.25. The summed E-state index contributed by atoms with van der Waals surface area (Å²) in [6, 6.07) is 5.46. The molecule has 0 atom stereocenters. The molecule has 4 rings (SSSR count). The van der Waals surface area contributed by atoms with Crippen molar-refractivity contribution in [2.75, 3.05) is 11.6 Å². The van der Waals surface area contributed by atoms with Gasteiger partial charge in [-0.1, -0.05) is 0 Å². The molecule has 35 heavy (non-hydrogen) atoms. The fraction of sp³-hybridized carbons (Fsp3) is 0.435. The normalized spacial score (nSPS) is 18.4. The second kappa shape index (κ2) is 9.97. The van der Waals surface area contributed by atoms with Crippen molar-refractivity contribution >= 4 is 32.7 Å². The van der Waals surface area contributed by atoms with Gasteiger partial charge in [-0.25, -0.2) is 23.1 Å². The standard InChI is InChI=1S/C23H28N8O3S/c1-14(2)28-20-9-21(31-22-16(12-27-31)8-15(10-24)11-26-22)25-13-19(20)23(32)29-17-4-6-18(7-5-17)30-35(3,33)34/h8-9,11-14,17-18,30H,4-7H2,1-3H3,(H,25,28)(H,29,32). The lowest BCUT2D eigenvalue weighted by Gasteiger charge is -2.29. The summed E-state index contributed by atoms with van der Waals surface area (Å²) in [6.07, 6.45) is 8.49. The van der Waals surface area contributed by atoms with Crippen molar-refractivity contribution < 1.29 is 13.2 Å². The number of nitrogens with one attached hydrogen (secondary N) is 3. The molecule has 3 N–H and O–H groups in total. The minimum Gasteiger partial charge on any atom is -0.382 e. The van der Waals surface area contributed by atoms with Gasteiger partial charge in [-0.15, -0.1) is 0 Å². The molecule has 1 aliphatic rings.